The zero-order chi connectivity index (χ0) is 8.39. The second-order valence-electron chi connectivity index (χ2n) is 3.78. The first kappa shape index (κ1) is 7.90. The number of hydrogen-bond acceptors (Lipinski definition) is 2. The summed E-state index contributed by atoms with van der Waals surface area (Å²) in [6.07, 6.45) is 5.85. The van der Waals surface area contributed by atoms with E-state index in [4.69, 9.17) is 4.74 Å². The molecule has 0 heterocycles. The van der Waals surface area contributed by atoms with E-state index in [1.54, 1.807) is 0 Å². The van der Waals surface area contributed by atoms with Crippen molar-refractivity contribution in [3.05, 3.63) is 0 Å². The van der Waals surface area contributed by atoms with Gasteiger partial charge in [0.05, 0.1) is 0 Å². The second kappa shape index (κ2) is 3.33. The fraction of sp³-hybridized carbons (Fsp3) is 0.889. The Morgan fingerprint density at radius 1 is 1.33 bits per heavy atom. The number of carbonyl (C=O) groups is 1. The van der Waals surface area contributed by atoms with E-state index in [1.807, 2.05) is 0 Å². The van der Waals surface area contributed by atoms with Gasteiger partial charge in [0.15, 0.2) is 0 Å². The summed E-state index contributed by atoms with van der Waals surface area (Å²) in [6.45, 7) is 0.811. The minimum atomic E-state index is -0.216. The van der Waals surface area contributed by atoms with Crippen molar-refractivity contribution in [1.29, 1.82) is 0 Å². The predicted molar refractivity (Wildman–Crippen MR) is 44.8 cm³/mol. The maximum Gasteiger partial charge on any atom is 0.407 e. The first-order valence-electron chi connectivity index (χ1n) is 4.79. The molecule has 0 saturated heterocycles. The van der Waals surface area contributed by atoms with Gasteiger partial charge in [0.25, 0.3) is 0 Å². The summed E-state index contributed by atoms with van der Waals surface area (Å²) in [7, 11) is 0. The molecule has 0 unspecified atom stereocenters. The Hall–Kier alpha value is -0.730. The molecule has 0 spiro atoms. The van der Waals surface area contributed by atoms with E-state index in [0.29, 0.717) is 0 Å². The molecule has 0 aromatic heterocycles. The van der Waals surface area contributed by atoms with Crippen molar-refractivity contribution in [2.24, 2.45) is 5.92 Å². The monoisotopic (exact) mass is 169 g/mol. The Kier molecular flexibility index (Phi) is 2.19. The van der Waals surface area contributed by atoms with Crippen molar-refractivity contribution < 1.29 is 9.53 Å². The molecule has 0 aromatic carbocycles. The largest absolute Gasteiger partial charge is 0.446 e. The Labute approximate surface area is 72.5 Å². The smallest absolute Gasteiger partial charge is 0.407 e. The normalized spacial score (nSPS) is 23.0. The predicted octanol–water partition coefficient (Wildman–Crippen LogP) is 1.68. The molecule has 0 aromatic rings. The summed E-state index contributed by atoms with van der Waals surface area (Å²) in [6, 6.07) is 0. The summed E-state index contributed by atoms with van der Waals surface area (Å²) in [4.78, 5) is 11.0. The highest BCUT2D eigenvalue weighted by molar-refractivity contribution is 5.67. The van der Waals surface area contributed by atoms with Gasteiger partial charge in [0, 0.05) is 6.54 Å². The topological polar surface area (TPSA) is 38.3 Å². The zero-order valence-corrected chi connectivity index (χ0v) is 7.21. The first-order chi connectivity index (χ1) is 5.84. The number of amides is 1. The van der Waals surface area contributed by atoms with E-state index >= 15 is 0 Å². The lowest BCUT2D eigenvalue weighted by atomic mass is 9.96. The van der Waals surface area contributed by atoms with Crippen LogP contribution < -0.4 is 5.32 Å². The number of nitrogens with one attached hydrogen (secondary N) is 1. The van der Waals surface area contributed by atoms with Gasteiger partial charge in [0.1, 0.15) is 6.10 Å². The summed E-state index contributed by atoms with van der Waals surface area (Å²) < 4.78 is 5.11. The first-order valence-corrected chi connectivity index (χ1v) is 4.79. The van der Waals surface area contributed by atoms with E-state index in [1.165, 1.54) is 19.3 Å². The Morgan fingerprint density at radius 3 is 2.58 bits per heavy atom. The van der Waals surface area contributed by atoms with Gasteiger partial charge in [-0.3, -0.25) is 0 Å². The van der Waals surface area contributed by atoms with Gasteiger partial charge >= 0.3 is 6.09 Å². The molecule has 1 N–H and O–H groups in total. The lowest BCUT2D eigenvalue weighted by molar-refractivity contribution is 0.0523. The standard InChI is InChI=1S/C9H15NO2/c11-9(10-6-7-4-5-7)12-8-2-1-3-8/h7-8H,1-6H2,(H,10,11). The summed E-state index contributed by atoms with van der Waals surface area (Å²) in [5, 5.41) is 2.78. The van der Waals surface area contributed by atoms with E-state index < -0.39 is 0 Å². The molecule has 3 heteroatoms. The second-order valence-corrected chi connectivity index (χ2v) is 3.78. The number of hydrogen-bond donors (Lipinski definition) is 1. The van der Waals surface area contributed by atoms with E-state index in [-0.39, 0.29) is 12.2 Å². The van der Waals surface area contributed by atoms with Crippen molar-refractivity contribution in [2.75, 3.05) is 6.54 Å². The van der Waals surface area contributed by atoms with Crippen LogP contribution in [-0.2, 0) is 4.74 Å². The molecule has 68 valence electrons. The van der Waals surface area contributed by atoms with Gasteiger partial charge in [-0.15, -0.1) is 0 Å². The van der Waals surface area contributed by atoms with Crippen LogP contribution in [0.4, 0.5) is 4.79 Å². The molecule has 12 heavy (non-hydrogen) atoms. The molecule has 2 aliphatic rings. The van der Waals surface area contributed by atoms with Crippen LogP contribution in [0.15, 0.2) is 0 Å². The van der Waals surface area contributed by atoms with Crippen LogP contribution >= 0.6 is 0 Å². The third-order valence-electron chi connectivity index (χ3n) is 2.56. The van der Waals surface area contributed by atoms with Crippen molar-refractivity contribution in [3.63, 3.8) is 0 Å². The van der Waals surface area contributed by atoms with Gasteiger partial charge in [-0.25, -0.2) is 4.79 Å². The lowest BCUT2D eigenvalue weighted by Gasteiger charge is -2.25. The van der Waals surface area contributed by atoms with E-state index in [9.17, 15) is 4.79 Å². The van der Waals surface area contributed by atoms with E-state index in [0.717, 1.165) is 25.3 Å². The summed E-state index contributed by atoms with van der Waals surface area (Å²) in [5.41, 5.74) is 0. The Bertz CT molecular complexity index is 173. The van der Waals surface area contributed by atoms with Crippen LogP contribution in [0.25, 0.3) is 0 Å². The lowest BCUT2D eigenvalue weighted by Crippen LogP contribution is -2.33. The molecule has 2 rings (SSSR count). The summed E-state index contributed by atoms with van der Waals surface area (Å²) in [5.74, 6) is 0.735. The van der Waals surface area contributed by atoms with Crippen LogP contribution in [-0.4, -0.2) is 18.7 Å². The highest BCUT2D eigenvalue weighted by Crippen LogP contribution is 2.27. The number of rotatable bonds is 3. The maximum atomic E-state index is 11.0. The van der Waals surface area contributed by atoms with Crippen molar-refractivity contribution in [2.45, 2.75) is 38.2 Å². The molecular formula is C9H15NO2. The van der Waals surface area contributed by atoms with Gasteiger partial charge in [-0.1, -0.05) is 0 Å². The number of ether oxygens (including phenoxy) is 1. The average molecular weight is 169 g/mol. The molecule has 2 fully saturated rings. The van der Waals surface area contributed by atoms with Crippen molar-refractivity contribution in [3.8, 4) is 0 Å². The van der Waals surface area contributed by atoms with Crippen LogP contribution in [0, 0.1) is 5.92 Å². The molecule has 1 amide bonds. The fourth-order valence-corrected chi connectivity index (χ4v) is 1.23. The van der Waals surface area contributed by atoms with Gasteiger partial charge in [-0.05, 0) is 38.0 Å². The van der Waals surface area contributed by atoms with Gasteiger partial charge < -0.3 is 10.1 Å². The summed E-state index contributed by atoms with van der Waals surface area (Å²) >= 11 is 0. The van der Waals surface area contributed by atoms with Gasteiger partial charge in [-0.2, -0.15) is 0 Å². The molecule has 2 aliphatic carbocycles. The molecule has 0 atom stereocenters. The van der Waals surface area contributed by atoms with Crippen LogP contribution in [0.5, 0.6) is 0 Å². The Morgan fingerprint density at radius 2 is 2.08 bits per heavy atom. The van der Waals surface area contributed by atoms with Crippen molar-refractivity contribution >= 4 is 6.09 Å². The Balaban J connectivity index is 1.56. The highest BCUT2D eigenvalue weighted by atomic mass is 16.6. The molecular weight excluding hydrogens is 154 g/mol. The maximum absolute atomic E-state index is 11.0. The van der Waals surface area contributed by atoms with Crippen LogP contribution in [0.1, 0.15) is 32.1 Å². The van der Waals surface area contributed by atoms with Crippen LogP contribution in [0.3, 0.4) is 0 Å². The minimum Gasteiger partial charge on any atom is -0.446 e. The third kappa shape index (κ3) is 2.13. The highest BCUT2D eigenvalue weighted by Gasteiger charge is 2.24. The SMILES string of the molecule is O=C(NCC1CC1)OC1CCC1. The van der Waals surface area contributed by atoms with Crippen LogP contribution in [0.2, 0.25) is 0 Å². The molecule has 0 radical (unpaired) electrons. The number of alkyl carbamates (subject to hydrolysis) is 1. The zero-order valence-electron chi connectivity index (χ0n) is 7.21. The van der Waals surface area contributed by atoms with Crippen molar-refractivity contribution in [1.82, 2.24) is 5.32 Å². The molecule has 0 bridgehead atoms. The average Bonchev–Trinajstić information content (AvgIpc) is 2.76. The minimum absolute atomic E-state index is 0.212. The van der Waals surface area contributed by atoms with Gasteiger partial charge in [0.2, 0.25) is 0 Å². The number of carbonyl (C=O) groups excluding carboxylic acids is 1. The molecule has 2 saturated carbocycles. The van der Waals surface area contributed by atoms with E-state index in [2.05, 4.69) is 5.32 Å². The molecule has 3 nitrogen and oxygen atoms in total. The molecule has 0 aliphatic heterocycles. The fourth-order valence-electron chi connectivity index (χ4n) is 1.23. The third-order valence-corrected chi connectivity index (χ3v) is 2.56. The quantitative estimate of drug-likeness (QED) is 0.698.